The average molecular weight is 188 g/mol. The molecule has 0 saturated heterocycles. The van der Waals surface area contributed by atoms with E-state index in [0.717, 1.165) is 6.66 Å². The molecule has 0 bridgehead atoms. The smallest absolute Gasteiger partial charge is 0.329 e. The predicted octanol–water partition coefficient (Wildman–Crippen LogP) is 1.81. The molecule has 1 unspecified atom stereocenters. The molecule has 0 saturated carbocycles. The van der Waals surface area contributed by atoms with E-state index in [4.69, 9.17) is 4.89 Å². The van der Waals surface area contributed by atoms with Crippen molar-refractivity contribution in [3.63, 3.8) is 0 Å². The third kappa shape index (κ3) is 3.53. The summed E-state index contributed by atoms with van der Waals surface area (Å²) in [5.74, 6) is 0.397. The zero-order valence-corrected chi connectivity index (χ0v) is 7.40. The lowest BCUT2D eigenvalue weighted by Crippen LogP contribution is -1.93. The van der Waals surface area contributed by atoms with Crippen molar-refractivity contribution in [3.05, 3.63) is 30.3 Å². The lowest BCUT2D eigenvalue weighted by atomic mass is 10.3. The van der Waals surface area contributed by atoms with Gasteiger partial charge in [-0.2, -0.15) is 0 Å². The van der Waals surface area contributed by atoms with Crippen molar-refractivity contribution in [1.29, 1.82) is 0 Å². The van der Waals surface area contributed by atoms with Gasteiger partial charge in [-0.3, -0.25) is 4.57 Å². The van der Waals surface area contributed by atoms with Crippen LogP contribution < -0.4 is 4.89 Å². The minimum Gasteiger partial charge on any atom is -0.329 e. The van der Waals surface area contributed by atoms with Gasteiger partial charge in [-0.1, -0.05) is 18.2 Å². The summed E-state index contributed by atoms with van der Waals surface area (Å²) < 4.78 is 14.8. The largest absolute Gasteiger partial charge is 0.363 e. The molecule has 66 valence electrons. The fourth-order valence-electron chi connectivity index (χ4n) is 0.588. The van der Waals surface area contributed by atoms with Gasteiger partial charge in [0, 0.05) is 6.66 Å². The summed E-state index contributed by atoms with van der Waals surface area (Å²) in [5, 5.41) is 0. The molecule has 1 N–H and O–H groups in total. The van der Waals surface area contributed by atoms with Crippen LogP contribution in [-0.4, -0.2) is 11.6 Å². The maximum absolute atomic E-state index is 10.6. The van der Waals surface area contributed by atoms with Gasteiger partial charge in [-0.05, 0) is 12.1 Å². The third-order valence-corrected chi connectivity index (χ3v) is 1.37. The number of benzene rings is 1. The topological polar surface area (TPSA) is 55.8 Å². The van der Waals surface area contributed by atoms with Crippen molar-refractivity contribution in [3.8, 4) is 5.75 Å². The Balaban J connectivity index is 2.50. The van der Waals surface area contributed by atoms with Gasteiger partial charge >= 0.3 is 7.60 Å². The summed E-state index contributed by atoms with van der Waals surface area (Å²) in [7, 11) is -3.55. The number of hydrogen-bond donors (Lipinski definition) is 1. The first kappa shape index (κ1) is 9.26. The molecule has 12 heavy (non-hydrogen) atoms. The molecular formula is C7H9O4P. The van der Waals surface area contributed by atoms with Gasteiger partial charge in [0.05, 0.1) is 0 Å². The van der Waals surface area contributed by atoms with Gasteiger partial charge in [0.1, 0.15) is 0 Å². The standard InChI is InChI=1S/C7H9O4P/c1-12(8,9)11-10-7-5-3-2-4-6-7/h2-6H,1H3,(H,8,9). The van der Waals surface area contributed by atoms with Crippen molar-refractivity contribution in [2.24, 2.45) is 0 Å². The molecule has 0 amide bonds. The second-order valence-corrected chi connectivity index (χ2v) is 4.03. The number of hydrogen-bond acceptors (Lipinski definition) is 3. The van der Waals surface area contributed by atoms with E-state index in [9.17, 15) is 4.57 Å². The minimum absolute atomic E-state index is 0.397. The molecule has 0 heterocycles. The SMILES string of the molecule is CP(=O)(O)OOc1ccccc1. The van der Waals surface area contributed by atoms with E-state index < -0.39 is 7.60 Å². The minimum atomic E-state index is -3.55. The molecule has 0 aliphatic heterocycles. The average Bonchev–Trinajstić information content (AvgIpc) is 2.02. The van der Waals surface area contributed by atoms with Crippen molar-refractivity contribution < 1.29 is 19.0 Å². The molecular weight excluding hydrogens is 179 g/mol. The van der Waals surface area contributed by atoms with E-state index >= 15 is 0 Å². The van der Waals surface area contributed by atoms with Crippen LogP contribution in [0.25, 0.3) is 0 Å². The second-order valence-electron chi connectivity index (χ2n) is 2.27. The van der Waals surface area contributed by atoms with Crippen molar-refractivity contribution in [2.45, 2.75) is 0 Å². The molecule has 1 atom stereocenters. The molecule has 1 rings (SSSR count). The lowest BCUT2D eigenvalue weighted by molar-refractivity contribution is -0.107. The molecule has 5 heteroatoms. The zero-order chi connectivity index (χ0) is 9.03. The van der Waals surface area contributed by atoms with Crippen LogP contribution in [0.4, 0.5) is 0 Å². The fraction of sp³-hybridized carbons (Fsp3) is 0.143. The number of para-hydroxylation sites is 1. The predicted molar refractivity (Wildman–Crippen MR) is 43.9 cm³/mol. The molecule has 0 aliphatic carbocycles. The maximum Gasteiger partial charge on any atom is 0.363 e. The van der Waals surface area contributed by atoms with E-state index in [-0.39, 0.29) is 0 Å². The lowest BCUT2D eigenvalue weighted by Gasteiger charge is -2.05. The molecule has 4 nitrogen and oxygen atoms in total. The Morgan fingerprint density at radius 2 is 1.92 bits per heavy atom. The molecule has 0 aromatic heterocycles. The summed E-state index contributed by atoms with van der Waals surface area (Å²) in [4.78, 5) is 13.2. The first-order chi connectivity index (χ1) is 5.58. The van der Waals surface area contributed by atoms with Crippen LogP contribution in [0.3, 0.4) is 0 Å². The van der Waals surface area contributed by atoms with Gasteiger partial charge in [0.2, 0.25) is 0 Å². The highest BCUT2D eigenvalue weighted by Crippen LogP contribution is 2.36. The summed E-state index contributed by atoms with van der Waals surface area (Å²) in [6.45, 7) is 1.05. The highest BCUT2D eigenvalue weighted by molar-refractivity contribution is 7.51. The summed E-state index contributed by atoms with van der Waals surface area (Å²) >= 11 is 0. The van der Waals surface area contributed by atoms with Crippen LogP contribution in [0.5, 0.6) is 5.75 Å². The molecule has 0 radical (unpaired) electrons. The van der Waals surface area contributed by atoms with Crippen LogP contribution in [0.15, 0.2) is 30.3 Å². The summed E-state index contributed by atoms with van der Waals surface area (Å²) in [6, 6.07) is 8.51. The molecule has 0 spiro atoms. The maximum atomic E-state index is 10.6. The van der Waals surface area contributed by atoms with Gasteiger partial charge in [0.15, 0.2) is 5.75 Å². The highest BCUT2D eigenvalue weighted by Gasteiger charge is 2.11. The monoisotopic (exact) mass is 188 g/mol. The van der Waals surface area contributed by atoms with Gasteiger partial charge in [-0.15, -0.1) is 4.67 Å². The second kappa shape index (κ2) is 3.72. The zero-order valence-electron chi connectivity index (χ0n) is 6.51. The molecule has 1 aromatic rings. The van der Waals surface area contributed by atoms with E-state index in [1.165, 1.54) is 0 Å². The molecule has 1 aromatic carbocycles. The van der Waals surface area contributed by atoms with E-state index in [1.807, 2.05) is 0 Å². The van der Waals surface area contributed by atoms with Crippen LogP contribution in [0.1, 0.15) is 0 Å². The van der Waals surface area contributed by atoms with Crippen molar-refractivity contribution in [2.75, 3.05) is 6.66 Å². The van der Waals surface area contributed by atoms with Crippen LogP contribution in [-0.2, 0) is 9.24 Å². The van der Waals surface area contributed by atoms with Crippen LogP contribution in [0, 0.1) is 0 Å². The van der Waals surface area contributed by atoms with E-state index in [0.29, 0.717) is 5.75 Å². The normalized spacial score (nSPS) is 15.2. The summed E-state index contributed by atoms with van der Waals surface area (Å²) in [5.41, 5.74) is 0. The van der Waals surface area contributed by atoms with Gasteiger partial charge in [0.25, 0.3) is 0 Å². The van der Waals surface area contributed by atoms with Gasteiger partial charge < -0.3 is 9.78 Å². The number of rotatable bonds is 3. The van der Waals surface area contributed by atoms with Crippen molar-refractivity contribution >= 4 is 7.60 Å². The quantitative estimate of drug-likeness (QED) is 0.446. The third-order valence-electron chi connectivity index (χ3n) is 1.01. The first-order valence-corrected chi connectivity index (χ1v) is 5.32. The first-order valence-electron chi connectivity index (χ1n) is 3.29. The molecule has 0 aliphatic rings. The molecule has 0 fully saturated rings. The Hall–Kier alpha value is -0.830. The van der Waals surface area contributed by atoms with E-state index in [2.05, 4.69) is 9.56 Å². The fourth-order valence-corrected chi connectivity index (χ4v) is 0.813. The Morgan fingerprint density at radius 3 is 2.42 bits per heavy atom. The Bertz CT molecular complexity index is 279. The Kier molecular flexibility index (Phi) is 2.87. The van der Waals surface area contributed by atoms with Crippen LogP contribution >= 0.6 is 7.60 Å². The van der Waals surface area contributed by atoms with Crippen molar-refractivity contribution in [1.82, 2.24) is 0 Å². The van der Waals surface area contributed by atoms with Gasteiger partial charge in [-0.25, -0.2) is 0 Å². The highest BCUT2D eigenvalue weighted by atomic mass is 31.2. The summed E-state index contributed by atoms with van der Waals surface area (Å²) in [6.07, 6.45) is 0. The Labute approximate surface area is 70.2 Å². The van der Waals surface area contributed by atoms with E-state index in [1.54, 1.807) is 30.3 Å². The Morgan fingerprint density at radius 1 is 1.33 bits per heavy atom. The van der Waals surface area contributed by atoms with Crippen LogP contribution in [0.2, 0.25) is 0 Å².